The van der Waals surface area contributed by atoms with Crippen LogP contribution in [0.4, 0.5) is 4.79 Å². The summed E-state index contributed by atoms with van der Waals surface area (Å²) >= 11 is 0. The van der Waals surface area contributed by atoms with E-state index >= 15 is 0 Å². The highest BCUT2D eigenvalue weighted by Gasteiger charge is 2.49. The number of Topliss-reactive ketones (excluding diaryl/α,β-unsaturated/α-hetero) is 1. The van der Waals surface area contributed by atoms with Gasteiger partial charge < -0.3 is 19.5 Å². The van der Waals surface area contributed by atoms with Crippen LogP contribution in [0.1, 0.15) is 42.3 Å². The van der Waals surface area contributed by atoms with Crippen molar-refractivity contribution in [3.63, 3.8) is 0 Å². The average molecular weight is 410 g/mol. The van der Waals surface area contributed by atoms with E-state index < -0.39 is 17.5 Å². The molecule has 2 aromatic carbocycles. The number of fused-ring (bicyclic) bond motifs is 1. The number of amides is 3. The number of benzene rings is 2. The van der Waals surface area contributed by atoms with Gasteiger partial charge in [0.15, 0.2) is 17.3 Å². The second-order valence-corrected chi connectivity index (χ2v) is 7.33. The van der Waals surface area contributed by atoms with Crippen molar-refractivity contribution >= 4 is 17.7 Å². The molecule has 1 atom stereocenters. The van der Waals surface area contributed by atoms with Gasteiger partial charge in [0, 0.05) is 11.1 Å². The summed E-state index contributed by atoms with van der Waals surface area (Å²) in [6.45, 7) is 5.48. The molecule has 0 radical (unpaired) electrons. The molecule has 0 bridgehead atoms. The molecule has 3 amide bonds. The Morgan fingerprint density at radius 1 is 1.17 bits per heavy atom. The molecule has 1 saturated heterocycles. The SMILES string of the molecule is CCOc1ccc(C(C)=O)cc1CN1C(=O)N[C@@](C)(c2ccc3c(c2)OCO3)C1=O. The van der Waals surface area contributed by atoms with Crippen LogP contribution >= 0.6 is 0 Å². The van der Waals surface area contributed by atoms with E-state index in [1.165, 1.54) is 6.92 Å². The zero-order valence-corrected chi connectivity index (χ0v) is 17.0. The Bertz CT molecular complexity index is 1050. The highest BCUT2D eigenvalue weighted by atomic mass is 16.7. The lowest BCUT2D eigenvalue weighted by Crippen LogP contribution is -2.40. The van der Waals surface area contributed by atoms with Gasteiger partial charge in [-0.3, -0.25) is 14.5 Å². The third kappa shape index (κ3) is 3.24. The second-order valence-electron chi connectivity index (χ2n) is 7.33. The highest BCUT2D eigenvalue weighted by Crippen LogP contribution is 2.38. The van der Waals surface area contributed by atoms with Gasteiger partial charge in [0.05, 0.1) is 13.2 Å². The minimum absolute atomic E-state index is 0.0126. The van der Waals surface area contributed by atoms with Gasteiger partial charge in [-0.2, -0.15) is 0 Å². The van der Waals surface area contributed by atoms with Crippen molar-refractivity contribution in [2.45, 2.75) is 32.9 Å². The van der Waals surface area contributed by atoms with E-state index in [-0.39, 0.29) is 19.1 Å². The van der Waals surface area contributed by atoms with Crippen molar-refractivity contribution in [3.05, 3.63) is 53.1 Å². The van der Waals surface area contributed by atoms with Gasteiger partial charge in [0.2, 0.25) is 6.79 Å². The maximum Gasteiger partial charge on any atom is 0.325 e. The molecular weight excluding hydrogens is 388 g/mol. The zero-order valence-electron chi connectivity index (χ0n) is 17.0. The molecule has 0 aliphatic carbocycles. The summed E-state index contributed by atoms with van der Waals surface area (Å²) in [6.07, 6.45) is 0. The Morgan fingerprint density at radius 3 is 2.67 bits per heavy atom. The first-order valence-electron chi connectivity index (χ1n) is 9.64. The monoisotopic (exact) mass is 410 g/mol. The number of carbonyl (C=O) groups excluding carboxylic acids is 3. The number of hydrogen-bond acceptors (Lipinski definition) is 6. The van der Waals surface area contributed by atoms with Gasteiger partial charge in [0.1, 0.15) is 11.3 Å². The first-order valence-corrected chi connectivity index (χ1v) is 9.64. The van der Waals surface area contributed by atoms with Crippen LogP contribution in [0.15, 0.2) is 36.4 Å². The molecule has 2 aliphatic rings. The fourth-order valence-corrected chi connectivity index (χ4v) is 3.63. The van der Waals surface area contributed by atoms with Gasteiger partial charge in [-0.1, -0.05) is 6.07 Å². The van der Waals surface area contributed by atoms with Crippen LogP contribution in [0, 0.1) is 0 Å². The van der Waals surface area contributed by atoms with Crippen LogP contribution in [-0.2, 0) is 16.9 Å². The third-order valence-electron chi connectivity index (χ3n) is 5.32. The molecule has 0 aromatic heterocycles. The lowest BCUT2D eigenvalue weighted by atomic mass is 9.91. The molecule has 4 rings (SSSR count). The maximum atomic E-state index is 13.3. The summed E-state index contributed by atoms with van der Waals surface area (Å²) in [4.78, 5) is 38.9. The predicted octanol–water partition coefficient (Wildman–Crippen LogP) is 2.98. The van der Waals surface area contributed by atoms with Gasteiger partial charge in [-0.15, -0.1) is 0 Å². The van der Waals surface area contributed by atoms with Crippen molar-refractivity contribution < 1.29 is 28.6 Å². The minimum Gasteiger partial charge on any atom is -0.494 e. The van der Waals surface area contributed by atoms with Crippen LogP contribution in [-0.4, -0.2) is 36.0 Å². The number of rotatable bonds is 6. The molecule has 2 heterocycles. The summed E-state index contributed by atoms with van der Waals surface area (Å²) in [6, 6.07) is 9.64. The molecule has 0 unspecified atom stereocenters. The van der Waals surface area contributed by atoms with Crippen LogP contribution in [0.25, 0.3) is 0 Å². The van der Waals surface area contributed by atoms with E-state index in [0.29, 0.717) is 40.5 Å². The zero-order chi connectivity index (χ0) is 21.5. The fourth-order valence-electron chi connectivity index (χ4n) is 3.63. The van der Waals surface area contributed by atoms with Crippen LogP contribution in [0.5, 0.6) is 17.2 Å². The van der Waals surface area contributed by atoms with Crippen molar-refractivity contribution in [3.8, 4) is 17.2 Å². The number of urea groups is 1. The highest BCUT2D eigenvalue weighted by molar-refractivity contribution is 6.07. The minimum atomic E-state index is -1.25. The average Bonchev–Trinajstić information content (AvgIpc) is 3.27. The second kappa shape index (κ2) is 7.37. The lowest BCUT2D eigenvalue weighted by molar-refractivity contribution is -0.131. The number of imide groups is 1. The molecule has 30 heavy (non-hydrogen) atoms. The summed E-state index contributed by atoms with van der Waals surface area (Å²) in [5, 5.41) is 2.78. The molecule has 8 nitrogen and oxygen atoms in total. The predicted molar refractivity (Wildman–Crippen MR) is 107 cm³/mol. The number of ketones is 1. The molecule has 1 N–H and O–H groups in total. The maximum absolute atomic E-state index is 13.3. The first-order chi connectivity index (χ1) is 14.3. The van der Waals surface area contributed by atoms with Crippen LogP contribution in [0.2, 0.25) is 0 Å². The Morgan fingerprint density at radius 2 is 1.93 bits per heavy atom. The summed E-state index contributed by atoms with van der Waals surface area (Å²) in [5.74, 6) is 1.14. The fraction of sp³-hybridized carbons (Fsp3) is 0.318. The Kier molecular flexibility index (Phi) is 4.85. The number of nitrogens with zero attached hydrogens (tertiary/aromatic N) is 1. The van der Waals surface area contributed by atoms with Crippen LogP contribution < -0.4 is 19.5 Å². The normalized spacial score (nSPS) is 19.8. The first kappa shape index (κ1) is 19.8. The van der Waals surface area contributed by atoms with Crippen molar-refractivity contribution in [2.24, 2.45) is 0 Å². The molecule has 2 aromatic rings. The molecule has 2 aliphatic heterocycles. The number of nitrogens with one attached hydrogen (secondary N) is 1. The van der Waals surface area contributed by atoms with E-state index in [1.54, 1.807) is 43.3 Å². The lowest BCUT2D eigenvalue weighted by Gasteiger charge is -2.23. The van der Waals surface area contributed by atoms with Gasteiger partial charge in [-0.05, 0) is 56.7 Å². The van der Waals surface area contributed by atoms with E-state index in [1.807, 2.05) is 6.92 Å². The third-order valence-corrected chi connectivity index (χ3v) is 5.32. The van der Waals surface area contributed by atoms with E-state index in [2.05, 4.69) is 5.32 Å². The van der Waals surface area contributed by atoms with E-state index in [4.69, 9.17) is 14.2 Å². The van der Waals surface area contributed by atoms with Crippen molar-refractivity contribution in [1.29, 1.82) is 0 Å². The molecule has 8 heteroatoms. The van der Waals surface area contributed by atoms with Crippen molar-refractivity contribution in [2.75, 3.05) is 13.4 Å². The van der Waals surface area contributed by atoms with E-state index in [0.717, 1.165) is 4.90 Å². The van der Waals surface area contributed by atoms with Crippen molar-refractivity contribution in [1.82, 2.24) is 10.2 Å². The quantitative estimate of drug-likeness (QED) is 0.581. The Labute approximate surface area is 173 Å². The standard InChI is InChI=1S/C22H22N2O6/c1-4-28-17-7-5-14(13(2)25)9-15(17)11-24-20(26)22(3,23-21(24)27)16-6-8-18-19(10-16)30-12-29-18/h5-10H,4,11-12H2,1-3H3,(H,23,27)/t22-/m0/s1. The molecule has 0 spiro atoms. The number of carbonyl (C=O) groups is 3. The van der Waals surface area contributed by atoms with Gasteiger partial charge in [0.25, 0.3) is 5.91 Å². The van der Waals surface area contributed by atoms with E-state index in [9.17, 15) is 14.4 Å². The van der Waals surface area contributed by atoms with Crippen LogP contribution in [0.3, 0.4) is 0 Å². The topological polar surface area (TPSA) is 94.2 Å². The summed E-state index contributed by atoms with van der Waals surface area (Å²) in [7, 11) is 0. The summed E-state index contributed by atoms with van der Waals surface area (Å²) < 4.78 is 16.3. The number of hydrogen-bond donors (Lipinski definition) is 1. The molecule has 1 fully saturated rings. The summed E-state index contributed by atoms with van der Waals surface area (Å²) in [5.41, 5.74) is 0.416. The Balaban J connectivity index is 1.65. The number of ether oxygens (including phenoxy) is 3. The molecule has 0 saturated carbocycles. The molecule has 156 valence electrons. The van der Waals surface area contributed by atoms with Gasteiger partial charge >= 0.3 is 6.03 Å². The Hall–Kier alpha value is -3.55. The largest absolute Gasteiger partial charge is 0.494 e. The smallest absolute Gasteiger partial charge is 0.325 e. The molecular formula is C22H22N2O6. The van der Waals surface area contributed by atoms with Gasteiger partial charge in [-0.25, -0.2) is 4.79 Å².